The molecule has 2 aromatic rings. The van der Waals surface area contributed by atoms with Gasteiger partial charge in [-0.15, -0.1) is 0 Å². The molecule has 0 saturated heterocycles. The molecule has 23 heavy (non-hydrogen) atoms. The summed E-state index contributed by atoms with van der Waals surface area (Å²) in [5.74, 6) is 1.50. The van der Waals surface area contributed by atoms with Gasteiger partial charge in [0.15, 0.2) is 0 Å². The molecular formula is C21H30N2. The molecule has 0 aliphatic carbocycles. The summed E-state index contributed by atoms with van der Waals surface area (Å²) in [6.45, 7) is 11.1. The van der Waals surface area contributed by atoms with E-state index in [0.29, 0.717) is 17.8 Å². The highest BCUT2D eigenvalue weighted by Gasteiger charge is 2.10. The largest absolute Gasteiger partial charge is 0.261 e. The van der Waals surface area contributed by atoms with Crippen LogP contribution in [0.4, 0.5) is 0 Å². The Balaban J connectivity index is 1.91. The normalized spacial score (nSPS) is 12.8. The minimum atomic E-state index is 0.494. The molecule has 0 spiro atoms. The summed E-state index contributed by atoms with van der Waals surface area (Å²) in [7, 11) is 0. The van der Waals surface area contributed by atoms with Crippen LogP contribution in [0.3, 0.4) is 0 Å². The number of rotatable bonds is 7. The molecule has 1 unspecified atom stereocenters. The fraction of sp³-hybridized carbons (Fsp3) is 0.524. The summed E-state index contributed by atoms with van der Waals surface area (Å²) in [6.07, 6.45) is 5.43. The van der Waals surface area contributed by atoms with Crippen LogP contribution in [0, 0.1) is 0 Å². The second kappa shape index (κ2) is 8.24. The van der Waals surface area contributed by atoms with E-state index in [1.807, 2.05) is 6.20 Å². The highest BCUT2D eigenvalue weighted by Crippen LogP contribution is 2.22. The Hall–Kier alpha value is -1.70. The van der Waals surface area contributed by atoms with Gasteiger partial charge in [-0.05, 0) is 66.8 Å². The molecule has 0 saturated carbocycles. The number of nitrogens with zero attached hydrogens (tertiary/aromatic N) is 2. The van der Waals surface area contributed by atoms with Gasteiger partial charge in [0, 0.05) is 23.3 Å². The minimum Gasteiger partial charge on any atom is -0.261 e. The zero-order chi connectivity index (χ0) is 16.8. The molecule has 0 fully saturated rings. The number of hydrogen-bond acceptors (Lipinski definition) is 2. The van der Waals surface area contributed by atoms with Crippen LogP contribution in [0.2, 0.25) is 0 Å². The van der Waals surface area contributed by atoms with E-state index in [4.69, 9.17) is 4.98 Å². The third-order valence-electron chi connectivity index (χ3n) is 4.43. The lowest BCUT2D eigenvalue weighted by atomic mass is 9.96. The van der Waals surface area contributed by atoms with E-state index in [1.54, 1.807) is 0 Å². The van der Waals surface area contributed by atoms with E-state index in [2.05, 4.69) is 69.9 Å². The van der Waals surface area contributed by atoms with Crippen molar-refractivity contribution in [2.75, 3.05) is 0 Å². The van der Waals surface area contributed by atoms with Crippen molar-refractivity contribution in [3.8, 4) is 0 Å². The first-order chi connectivity index (χ1) is 11.0. The molecule has 2 heteroatoms. The van der Waals surface area contributed by atoms with Crippen molar-refractivity contribution in [2.24, 2.45) is 0 Å². The van der Waals surface area contributed by atoms with Gasteiger partial charge in [-0.25, -0.2) is 0 Å². The van der Waals surface area contributed by atoms with E-state index < -0.39 is 0 Å². The Bertz CT molecular complexity index is 617. The van der Waals surface area contributed by atoms with Crippen LogP contribution in [-0.4, -0.2) is 9.97 Å². The topological polar surface area (TPSA) is 25.8 Å². The van der Waals surface area contributed by atoms with Gasteiger partial charge in [0.2, 0.25) is 0 Å². The molecule has 124 valence electrons. The summed E-state index contributed by atoms with van der Waals surface area (Å²) in [4.78, 5) is 9.27. The molecule has 0 amide bonds. The average Bonchev–Trinajstić information content (AvgIpc) is 2.55. The Kier molecular flexibility index (Phi) is 6.32. The minimum absolute atomic E-state index is 0.494. The molecule has 0 bridgehead atoms. The third-order valence-corrected chi connectivity index (χ3v) is 4.43. The van der Waals surface area contributed by atoms with Crippen molar-refractivity contribution in [2.45, 2.75) is 71.6 Å². The van der Waals surface area contributed by atoms with Gasteiger partial charge in [-0.1, -0.05) is 40.7 Å². The van der Waals surface area contributed by atoms with Gasteiger partial charge < -0.3 is 0 Å². The highest BCUT2D eigenvalue weighted by atomic mass is 14.7. The smallest absolute Gasteiger partial charge is 0.0435 e. The van der Waals surface area contributed by atoms with E-state index in [9.17, 15) is 0 Å². The number of aromatic nitrogens is 2. The summed E-state index contributed by atoms with van der Waals surface area (Å²) in [5, 5.41) is 0. The van der Waals surface area contributed by atoms with Crippen LogP contribution in [-0.2, 0) is 6.42 Å². The van der Waals surface area contributed by atoms with Gasteiger partial charge in [0.1, 0.15) is 0 Å². The van der Waals surface area contributed by atoms with Crippen molar-refractivity contribution in [3.05, 3.63) is 59.2 Å². The lowest BCUT2D eigenvalue weighted by molar-refractivity contribution is 0.613. The van der Waals surface area contributed by atoms with E-state index >= 15 is 0 Å². The fourth-order valence-electron chi connectivity index (χ4n) is 2.79. The van der Waals surface area contributed by atoms with Crippen molar-refractivity contribution >= 4 is 0 Å². The first-order valence-electron chi connectivity index (χ1n) is 8.89. The zero-order valence-electron chi connectivity index (χ0n) is 15.2. The molecule has 2 aromatic heterocycles. The maximum absolute atomic E-state index is 4.83. The summed E-state index contributed by atoms with van der Waals surface area (Å²) < 4.78 is 0. The number of hydrogen-bond donors (Lipinski definition) is 0. The molecular weight excluding hydrogens is 280 g/mol. The van der Waals surface area contributed by atoms with E-state index in [0.717, 1.165) is 6.42 Å². The first kappa shape index (κ1) is 17.7. The monoisotopic (exact) mass is 310 g/mol. The van der Waals surface area contributed by atoms with Crippen molar-refractivity contribution in [1.82, 2.24) is 9.97 Å². The zero-order valence-corrected chi connectivity index (χ0v) is 15.2. The lowest BCUT2D eigenvalue weighted by Crippen LogP contribution is -2.02. The van der Waals surface area contributed by atoms with Crippen LogP contribution in [0.25, 0.3) is 0 Å². The van der Waals surface area contributed by atoms with Crippen LogP contribution in [0.1, 0.15) is 87.9 Å². The van der Waals surface area contributed by atoms with Gasteiger partial charge in [-0.3, -0.25) is 9.97 Å². The van der Waals surface area contributed by atoms with Crippen molar-refractivity contribution < 1.29 is 0 Å². The van der Waals surface area contributed by atoms with Crippen molar-refractivity contribution in [1.29, 1.82) is 0 Å². The fourth-order valence-corrected chi connectivity index (χ4v) is 2.79. The van der Waals surface area contributed by atoms with Crippen LogP contribution in [0.5, 0.6) is 0 Å². The SMILES string of the molecule is CC(C)c1cc(CCCC(C)c2cccc(C(C)C)n2)ccn1. The van der Waals surface area contributed by atoms with Crippen LogP contribution in [0.15, 0.2) is 36.5 Å². The summed E-state index contributed by atoms with van der Waals surface area (Å²) in [6, 6.07) is 10.8. The number of pyridine rings is 2. The number of aryl methyl sites for hydroxylation is 1. The molecule has 0 aliphatic heterocycles. The standard InChI is InChI=1S/C21H30N2/c1-15(2)19-10-7-11-20(23-19)17(5)8-6-9-18-12-13-22-21(14-18)16(3)4/h7,10-17H,6,8-9H2,1-5H3. The van der Waals surface area contributed by atoms with Gasteiger partial charge in [-0.2, -0.15) is 0 Å². The predicted molar refractivity (Wildman–Crippen MR) is 98.0 cm³/mol. The Morgan fingerprint density at radius 2 is 1.57 bits per heavy atom. The predicted octanol–water partition coefficient (Wildman–Crippen LogP) is 5.85. The molecule has 2 rings (SSSR count). The van der Waals surface area contributed by atoms with E-state index in [-0.39, 0.29) is 0 Å². The second-order valence-electron chi connectivity index (χ2n) is 7.18. The Labute approximate surface area is 141 Å². The van der Waals surface area contributed by atoms with Crippen LogP contribution >= 0.6 is 0 Å². The first-order valence-corrected chi connectivity index (χ1v) is 8.89. The quantitative estimate of drug-likeness (QED) is 0.641. The molecule has 0 aliphatic rings. The maximum Gasteiger partial charge on any atom is 0.0435 e. The van der Waals surface area contributed by atoms with Crippen LogP contribution < -0.4 is 0 Å². The van der Waals surface area contributed by atoms with Crippen molar-refractivity contribution in [3.63, 3.8) is 0 Å². The average molecular weight is 310 g/mol. The molecule has 2 heterocycles. The van der Waals surface area contributed by atoms with Gasteiger partial charge in [0.05, 0.1) is 0 Å². The Morgan fingerprint density at radius 3 is 2.26 bits per heavy atom. The lowest BCUT2D eigenvalue weighted by Gasteiger charge is -2.14. The maximum atomic E-state index is 4.83. The summed E-state index contributed by atoms with van der Waals surface area (Å²) in [5.41, 5.74) is 5.03. The second-order valence-corrected chi connectivity index (χ2v) is 7.18. The molecule has 0 aromatic carbocycles. The molecule has 1 atom stereocenters. The van der Waals surface area contributed by atoms with Gasteiger partial charge >= 0.3 is 0 Å². The van der Waals surface area contributed by atoms with E-state index in [1.165, 1.54) is 35.5 Å². The third kappa shape index (κ3) is 5.16. The Morgan fingerprint density at radius 1 is 0.870 bits per heavy atom. The molecule has 2 nitrogen and oxygen atoms in total. The van der Waals surface area contributed by atoms with Gasteiger partial charge in [0.25, 0.3) is 0 Å². The summed E-state index contributed by atoms with van der Waals surface area (Å²) >= 11 is 0. The molecule has 0 radical (unpaired) electrons. The molecule has 0 N–H and O–H groups in total. The highest BCUT2D eigenvalue weighted by molar-refractivity contribution is 5.19.